The summed E-state index contributed by atoms with van der Waals surface area (Å²) < 4.78 is 10.8. The number of aromatic amines is 1. The van der Waals surface area contributed by atoms with E-state index in [2.05, 4.69) is 15.2 Å². The van der Waals surface area contributed by atoms with Gasteiger partial charge in [-0.15, -0.1) is 0 Å². The maximum absolute atomic E-state index is 12.1. The fraction of sp³-hybridized carbons (Fsp3) is 0.438. The molecular formula is C16H20N4O3. The second-order valence-electron chi connectivity index (χ2n) is 5.36. The van der Waals surface area contributed by atoms with Crippen molar-refractivity contribution in [1.29, 1.82) is 0 Å². The number of nitrogens with zero attached hydrogens (tertiary/aromatic N) is 3. The molecule has 0 radical (unpaired) electrons. The first-order chi connectivity index (χ1) is 11.3. The van der Waals surface area contributed by atoms with Crippen LogP contribution in [0.2, 0.25) is 0 Å². The average molecular weight is 316 g/mol. The van der Waals surface area contributed by atoms with E-state index in [1.807, 2.05) is 29.2 Å². The molecule has 1 saturated heterocycles. The molecule has 7 nitrogen and oxygen atoms in total. The van der Waals surface area contributed by atoms with Crippen LogP contribution in [0, 0.1) is 0 Å². The predicted molar refractivity (Wildman–Crippen MR) is 83.6 cm³/mol. The van der Waals surface area contributed by atoms with Crippen molar-refractivity contribution in [1.82, 2.24) is 20.1 Å². The second-order valence-corrected chi connectivity index (χ2v) is 5.36. The summed E-state index contributed by atoms with van der Waals surface area (Å²) in [6, 6.07) is 7.65. The first kappa shape index (κ1) is 15.6. The van der Waals surface area contributed by atoms with Crippen LogP contribution in [0.3, 0.4) is 0 Å². The molecule has 3 rings (SSSR count). The van der Waals surface area contributed by atoms with Gasteiger partial charge in [-0.3, -0.25) is 9.89 Å². The molecule has 1 unspecified atom stereocenters. The second kappa shape index (κ2) is 7.34. The Labute approximate surface area is 134 Å². The largest absolute Gasteiger partial charge is 0.384 e. The van der Waals surface area contributed by atoms with Crippen LogP contribution in [-0.2, 0) is 14.3 Å². The van der Waals surface area contributed by atoms with Crippen LogP contribution < -0.4 is 0 Å². The Morgan fingerprint density at radius 1 is 1.48 bits per heavy atom. The average Bonchev–Trinajstić information content (AvgIpc) is 3.14. The SMILES string of the molecule is COCCC(=O)N1CCOC(c2cccc(-c3ccn[nH]3)n2)C1. The number of hydrogen-bond donors (Lipinski definition) is 1. The van der Waals surface area contributed by atoms with Crippen molar-refractivity contribution >= 4 is 5.91 Å². The van der Waals surface area contributed by atoms with Crippen molar-refractivity contribution in [3.8, 4) is 11.4 Å². The molecule has 0 saturated carbocycles. The van der Waals surface area contributed by atoms with Gasteiger partial charge < -0.3 is 14.4 Å². The van der Waals surface area contributed by atoms with Crippen LogP contribution in [0.4, 0.5) is 0 Å². The third kappa shape index (κ3) is 3.75. The normalized spacial score (nSPS) is 18.1. The van der Waals surface area contributed by atoms with Crippen molar-refractivity contribution in [3.05, 3.63) is 36.2 Å². The van der Waals surface area contributed by atoms with E-state index in [1.165, 1.54) is 0 Å². The smallest absolute Gasteiger partial charge is 0.225 e. The molecule has 2 aromatic rings. The van der Waals surface area contributed by atoms with Gasteiger partial charge in [0.1, 0.15) is 6.10 Å². The maximum Gasteiger partial charge on any atom is 0.225 e. The monoisotopic (exact) mass is 316 g/mol. The van der Waals surface area contributed by atoms with Gasteiger partial charge in [0.25, 0.3) is 0 Å². The third-order valence-corrected chi connectivity index (χ3v) is 3.82. The van der Waals surface area contributed by atoms with Gasteiger partial charge in [-0.05, 0) is 18.2 Å². The lowest BCUT2D eigenvalue weighted by atomic mass is 10.1. The van der Waals surface area contributed by atoms with Gasteiger partial charge in [0, 0.05) is 19.9 Å². The molecule has 3 heterocycles. The summed E-state index contributed by atoms with van der Waals surface area (Å²) in [7, 11) is 1.60. The molecule has 2 aromatic heterocycles. The highest BCUT2D eigenvalue weighted by Gasteiger charge is 2.26. The number of hydrogen-bond acceptors (Lipinski definition) is 5. The van der Waals surface area contributed by atoms with Gasteiger partial charge in [0.15, 0.2) is 0 Å². The number of nitrogens with one attached hydrogen (secondary N) is 1. The van der Waals surface area contributed by atoms with Gasteiger partial charge >= 0.3 is 0 Å². The minimum Gasteiger partial charge on any atom is -0.384 e. The van der Waals surface area contributed by atoms with Crippen molar-refractivity contribution < 1.29 is 14.3 Å². The van der Waals surface area contributed by atoms with E-state index in [1.54, 1.807) is 13.3 Å². The van der Waals surface area contributed by atoms with Crippen LogP contribution in [0.5, 0.6) is 0 Å². The molecule has 0 aromatic carbocycles. The molecule has 1 atom stereocenters. The fourth-order valence-corrected chi connectivity index (χ4v) is 2.58. The topological polar surface area (TPSA) is 80.3 Å². The standard InChI is InChI=1S/C16H20N4O3/c1-22-9-6-16(21)20-8-10-23-15(11-20)14-4-2-3-12(18-14)13-5-7-17-19-13/h2-5,7,15H,6,8-11H2,1H3,(H,17,19). The number of rotatable bonds is 5. The van der Waals surface area contributed by atoms with Crippen molar-refractivity contribution in [2.45, 2.75) is 12.5 Å². The van der Waals surface area contributed by atoms with Crippen LogP contribution in [-0.4, -0.2) is 59.4 Å². The molecule has 0 spiro atoms. The summed E-state index contributed by atoms with van der Waals surface area (Å²) in [5.74, 6) is 0.0878. The predicted octanol–water partition coefficient (Wildman–Crippen LogP) is 1.41. The van der Waals surface area contributed by atoms with E-state index < -0.39 is 0 Å². The molecular weight excluding hydrogens is 296 g/mol. The van der Waals surface area contributed by atoms with Gasteiger partial charge in [-0.2, -0.15) is 5.10 Å². The number of aromatic nitrogens is 3. The van der Waals surface area contributed by atoms with Gasteiger partial charge in [-0.1, -0.05) is 6.07 Å². The van der Waals surface area contributed by atoms with Gasteiger partial charge in [0.05, 0.1) is 43.3 Å². The van der Waals surface area contributed by atoms with E-state index in [4.69, 9.17) is 9.47 Å². The minimum absolute atomic E-state index is 0.0878. The molecule has 1 aliphatic heterocycles. The lowest BCUT2D eigenvalue weighted by Gasteiger charge is -2.32. The van der Waals surface area contributed by atoms with E-state index in [0.29, 0.717) is 32.7 Å². The first-order valence-corrected chi connectivity index (χ1v) is 7.63. The molecule has 1 amide bonds. The van der Waals surface area contributed by atoms with Crippen molar-refractivity contribution in [2.75, 3.05) is 33.4 Å². The zero-order valence-electron chi connectivity index (χ0n) is 13.1. The van der Waals surface area contributed by atoms with Gasteiger partial charge in [0.2, 0.25) is 5.91 Å². The number of pyridine rings is 1. The summed E-state index contributed by atoms with van der Waals surface area (Å²) in [4.78, 5) is 18.6. The van der Waals surface area contributed by atoms with E-state index in [-0.39, 0.29) is 12.0 Å². The maximum atomic E-state index is 12.1. The first-order valence-electron chi connectivity index (χ1n) is 7.63. The molecule has 1 fully saturated rings. The lowest BCUT2D eigenvalue weighted by molar-refractivity contribution is -0.140. The summed E-state index contributed by atoms with van der Waals surface area (Å²) in [5.41, 5.74) is 2.49. The Morgan fingerprint density at radius 2 is 2.39 bits per heavy atom. The molecule has 7 heteroatoms. The van der Waals surface area contributed by atoms with Gasteiger partial charge in [-0.25, -0.2) is 4.98 Å². The molecule has 1 aliphatic rings. The van der Waals surface area contributed by atoms with E-state index in [9.17, 15) is 4.79 Å². The van der Waals surface area contributed by atoms with Crippen molar-refractivity contribution in [3.63, 3.8) is 0 Å². The Bertz CT molecular complexity index is 645. The number of ether oxygens (including phenoxy) is 2. The third-order valence-electron chi connectivity index (χ3n) is 3.82. The molecule has 0 bridgehead atoms. The molecule has 23 heavy (non-hydrogen) atoms. The molecule has 122 valence electrons. The summed E-state index contributed by atoms with van der Waals surface area (Å²) in [6.45, 7) is 2.08. The molecule has 0 aliphatic carbocycles. The number of methoxy groups -OCH3 is 1. The van der Waals surface area contributed by atoms with E-state index in [0.717, 1.165) is 17.1 Å². The summed E-state index contributed by atoms with van der Waals surface area (Å²) >= 11 is 0. The Morgan fingerprint density at radius 3 is 3.17 bits per heavy atom. The highest BCUT2D eigenvalue weighted by Crippen LogP contribution is 2.23. The zero-order chi connectivity index (χ0) is 16.1. The number of morpholine rings is 1. The molecule has 1 N–H and O–H groups in total. The Hall–Kier alpha value is -2.25. The highest BCUT2D eigenvalue weighted by atomic mass is 16.5. The zero-order valence-corrected chi connectivity index (χ0v) is 13.1. The lowest BCUT2D eigenvalue weighted by Crippen LogP contribution is -2.42. The number of carbonyl (C=O) groups is 1. The van der Waals surface area contributed by atoms with Crippen molar-refractivity contribution in [2.24, 2.45) is 0 Å². The minimum atomic E-state index is -0.210. The van der Waals surface area contributed by atoms with E-state index >= 15 is 0 Å². The van der Waals surface area contributed by atoms with Crippen LogP contribution in [0.1, 0.15) is 18.2 Å². The quantitative estimate of drug-likeness (QED) is 0.902. The highest BCUT2D eigenvalue weighted by molar-refractivity contribution is 5.76. The number of amides is 1. The van der Waals surface area contributed by atoms with Crippen LogP contribution in [0.25, 0.3) is 11.4 Å². The fourth-order valence-electron chi connectivity index (χ4n) is 2.58. The number of H-pyrrole nitrogens is 1. The number of carbonyl (C=O) groups excluding carboxylic acids is 1. The summed E-state index contributed by atoms with van der Waals surface area (Å²) in [5, 5.41) is 6.85. The Balaban J connectivity index is 1.71. The van der Waals surface area contributed by atoms with Crippen LogP contribution >= 0.6 is 0 Å². The Kier molecular flexibility index (Phi) is 4.99. The summed E-state index contributed by atoms with van der Waals surface area (Å²) in [6.07, 6.45) is 1.88. The van der Waals surface area contributed by atoms with Crippen LogP contribution in [0.15, 0.2) is 30.5 Å².